The summed E-state index contributed by atoms with van der Waals surface area (Å²) in [6.45, 7) is 5.75. The van der Waals surface area contributed by atoms with E-state index in [1.54, 1.807) is 0 Å². The zero-order chi connectivity index (χ0) is 56.1. The van der Waals surface area contributed by atoms with E-state index in [1.165, 1.54) is 70.6 Å². The number of aliphatic carboxylic acids is 1. The number of aliphatic hydroxyl groups excluding tert-OH is 2. The number of carboxylic acids is 1. The molecule has 1 heterocycles. The first kappa shape index (κ1) is 70.9. The zero-order valence-corrected chi connectivity index (χ0v) is 48.4. The van der Waals surface area contributed by atoms with Crippen molar-refractivity contribution in [1.82, 2.24) is 0 Å². The molecule has 6 unspecified atom stereocenters. The number of hydrogen-bond donors (Lipinski definition) is 3. The molecule has 0 spiro atoms. The maximum atomic E-state index is 13.2. The third-order valence-corrected chi connectivity index (χ3v) is 13.5. The van der Waals surface area contributed by atoms with Gasteiger partial charge in [0, 0.05) is 19.3 Å². The Morgan fingerprint density at radius 1 is 0.442 bits per heavy atom. The lowest BCUT2D eigenvalue weighted by atomic mass is 9.98. The highest BCUT2D eigenvalue weighted by Gasteiger charge is 2.50. The molecule has 0 aliphatic carbocycles. The van der Waals surface area contributed by atoms with Gasteiger partial charge in [0.2, 0.25) is 0 Å². The minimum absolute atomic E-state index is 0.0221. The molecule has 0 aromatic rings. The van der Waals surface area contributed by atoms with E-state index in [4.69, 9.17) is 23.7 Å². The molecule has 0 saturated carbocycles. The summed E-state index contributed by atoms with van der Waals surface area (Å²) in [4.78, 5) is 51.2. The van der Waals surface area contributed by atoms with E-state index in [1.807, 2.05) is 0 Å². The van der Waals surface area contributed by atoms with Crippen LogP contribution in [0.15, 0.2) is 85.1 Å². The fraction of sp³-hybridized carbons (Fsp3) is 0.723. The SMILES string of the molecule is CC/C=C\C/C=C\C/C=C\C/C=C\CCCCCCCCC(=O)OCC(COC1OC(C(=O)O)C(O)C(O)C1OC(=O)CCCCC/C=C\C/C=C\C/C=C\CC)OC(=O)CCCCCCCCCCCCCCCCC. The summed E-state index contributed by atoms with van der Waals surface area (Å²) in [6, 6.07) is 0. The van der Waals surface area contributed by atoms with Gasteiger partial charge in [0.25, 0.3) is 0 Å². The van der Waals surface area contributed by atoms with Crippen LogP contribution < -0.4 is 0 Å². The van der Waals surface area contributed by atoms with E-state index in [-0.39, 0.29) is 25.9 Å². The van der Waals surface area contributed by atoms with Crippen molar-refractivity contribution in [2.24, 2.45) is 0 Å². The molecule has 0 aromatic carbocycles. The van der Waals surface area contributed by atoms with Crippen LogP contribution in [0.3, 0.4) is 0 Å². The van der Waals surface area contributed by atoms with Crippen LogP contribution in [0.1, 0.15) is 252 Å². The largest absolute Gasteiger partial charge is 0.479 e. The van der Waals surface area contributed by atoms with Gasteiger partial charge < -0.3 is 39.0 Å². The molecule has 12 nitrogen and oxygen atoms in total. The monoisotopic (exact) mass is 1080 g/mol. The van der Waals surface area contributed by atoms with Gasteiger partial charge in [-0.25, -0.2) is 4.79 Å². The van der Waals surface area contributed by atoms with Crippen LogP contribution in [0.5, 0.6) is 0 Å². The molecule has 77 heavy (non-hydrogen) atoms. The summed E-state index contributed by atoms with van der Waals surface area (Å²) in [5.41, 5.74) is 0. The molecular weight excluding hydrogens is 973 g/mol. The number of carboxylic acid groups (broad SMARTS) is 1. The fourth-order valence-electron chi connectivity index (χ4n) is 8.84. The number of unbranched alkanes of at least 4 members (excludes halogenated alkanes) is 23. The molecule has 12 heteroatoms. The van der Waals surface area contributed by atoms with Crippen LogP contribution in [0.4, 0.5) is 0 Å². The van der Waals surface area contributed by atoms with E-state index in [0.717, 1.165) is 122 Å². The van der Waals surface area contributed by atoms with Crippen molar-refractivity contribution in [3.63, 3.8) is 0 Å². The molecule has 0 radical (unpaired) electrons. The lowest BCUT2D eigenvalue weighted by Gasteiger charge is -2.40. The molecular formula is C65H108O12. The average molecular weight is 1080 g/mol. The quantitative estimate of drug-likeness (QED) is 0.0228. The summed E-state index contributed by atoms with van der Waals surface area (Å²) in [5.74, 6) is -3.17. The van der Waals surface area contributed by atoms with Gasteiger partial charge in [-0.3, -0.25) is 14.4 Å². The van der Waals surface area contributed by atoms with Crippen molar-refractivity contribution in [3.05, 3.63) is 85.1 Å². The summed E-state index contributed by atoms with van der Waals surface area (Å²) in [6.07, 6.45) is 55.5. The van der Waals surface area contributed by atoms with Gasteiger partial charge in [0.15, 0.2) is 24.6 Å². The number of rotatable bonds is 51. The molecule has 1 rings (SSSR count). The van der Waals surface area contributed by atoms with E-state index >= 15 is 0 Å². The van der Waals surface area contributed by atoms with Crippen LogP contribution in [0, 0.1) is 0 Å². The molecule has 0 bridgehead atoms. The third-order valence-electron chi connectivity index (χ3n) is 13.5. The Balaban J connectivity index is 2.69. The van der Waals surface area contributed by atoms with Gasteiger partial charge in [-0.05, 0) is 89.9 Å². The Morgan fingerprint density at radius 2 is 0.818 bits per heavy atom. The van der Waals surface area contributed by atoms with Crippen molar-refractivity contribution in [2.75, 3.05) is 13.2 Å². The highest BCUT2D eigenvalue weighted by molar-refractivity contribution is 5.74. The number of carbonyl (C=O) groups is 4. The minimum Gasteiger partial charge on any atom is -0.479 e. The average Bonchev–Trinajstić information content (AvgIpc) is 3.42. The molecule has 1 saturated heterocycles. The van der Waals surface area contributed by atoms with Gasteiger partial charge in [-0.2, -0.15) is 0 Å². The Morgan fingerprint density at radius 3 is 1.26 bits per heavy atom. The molecule has 0 aromatic heterocycles. The summed E-state index contributed by atoms with van der Waals surface area (Å²) in [7, 11) is 0. The van der Waals surface area contributed by atoms with Crippen LogP contribution in [-0.4, -0.2) is 89.2 Å². The fourth-order valence-corrected chi connectivity index (χ4v) is 8.84. The summed E-state index contributed by atoms with van der Waals surface area (Å²) < 4.78 is 28.4. The topological polar surface area (TPSA) is 175 Å². The number of hydrogen-bond acceptors (Lipinski definition) is 11. The standard InChI is InChI=1S/C65H108O12/c1-4-7-10-13-16-19-22-25-27-28-29-30-32-34-36-39-42-45-48-51-57(66)73-54-56(75-58(67)52-49-46-43-40-38-35-31-26-23-20-17-14-11-8-5-2)55-74-65-63(61(70)60(69)62(77-65)64(71)72)76-59(68)53-50-47-44-41-37-33-24-21-18-15-12-9-6-3/h7,9-10,12,16,18-19,21,25,27,29-30,33,37,56,60-63,65,69-70H,4-6,8,11,13-15,17,20,22-24,26,28,31-32,34-36,38-55H2,1-3H3,(H,71,72)/b10-7-,12-9-,19-16-,21-18-,27-25-,30-29-,37-33-. The number of allylic oxidation sites excluding steroid dienone is 14. The molecule has 1 aliphatic heterocycles. The third kappa shape index (κ3) is 42.5. The van der Waals surface area contributed by atoms with E-state index in [0.29, 0.717) is 19.3 Å². The highest BCUT2D eigenvalue weighted by atomic mass is 16.7. The molecule has 1 aliphatic rings. The Kier molecular flexibility index (Phi) is 48.4. The van der Waals surface area contributed by atoms with Crippen molar-refractivity contribution in [1.29, 1.82) is 0 Å². The lowest BCUT2D eigenvalue weighted by molar-refractivity contribution is -0.301. The first-order valence-corrected chi connectivity index (χ1v) is 30.6. The molecule has 0 amide bonds. The molecule has 3 N–H and O–H groups in total. The highest BCUT2D eigenvalue weighted by Crippen LogP contribution is 2.26. The maximum absolute atomic E-state index is 13.2. The van der Waals surface area contributed by atoms with Crippen molar-refractivity contribution in [3.8, 4) is 0 Å². The van der Waals surface area contributed by atoms with Crippen LogP contribution >= 0.6 is 0 Å². The second-order valence-electron chi connectivity index (χ2n) is 20.6. The predicted molar refractivity (Wildman–Crippen MR) is 312 cm³/mol. The Hall–Kier alpha value is -4.10. The van der Waals surface area contributed by atoms with Crippen LogP contribution in [0.25, 0.3) is 0 Å². The Bertz CT molecular complexity index is 1660. The van der Waals surface area contributed by atoms with Crippen molar-refractivity contribution < 1.29 is 58.2 Å². The number of esters is 3. The van der Waals surface area contributed by atoms with Crippen LogP contribution in [0.2, 0.25) is 0 Å². The zero-order valence-electron chi connectivity index (χ0n) is 48.4. The van der Waals surface area contributed by atoms with E-state index in [9.17, 15) is 34.5 Å². The number of ether oxygens (including phenoxy) is 5. The molecule has 6 atom stereocenters. The van der Waals surface area contributed by atoms with Gasteiger partial charge in [-0.1, -0.05) is 228 Å². The second-order valence-corrected chi connectivity index (χ2v) is 20.6. The lowest BCUT2D eigenvalue weighted by Crippen LogP contribution is -2.61. The van der Waals surface area contributed by atoms with Crippen molar-refractivity contribution >= 4 is 23.9 Å². The van der Waals surface area contributed by atoms with Crippen LogP contribution in [-0.2, 0) is 42.9 Å². The summed E-state index contributed by atoms with van der Waals surface area (Å²) in [5, 5.41) is 31.5. The van der Waals surface area contributed by atoms with Gasteiger partial charge in [-0.15, -0.1) is 0 Å². The first-order chi connectivity index (χ1) is 37.6. The second kappa shape index (κ2) is 52.6. The summed E-state index contributed by atoms with van der Waals surface area (Å²) >= 11 is 0. The smallest absolute Gasteiger partial charge is 0.335 e. The number of carbonyl (C=O) groups excluding carboxylic acids is 3. The van der Waals surface area contributed by atoms with Gasteiger partial charge in [0.05, 0.1) is 6.61 Å². The van der Waals surface area contributed by atoms with E-state index < -0.39 is 67.3 Å². The normalized spacial score (nSPS) is 18.6. The Labute approximate surface area is 467 Å². The van der Waals surface area contributed by atoms with Gasteiger partial charge in [0.1, 0.15) is 18.8 Å². The molecule has 1 fully saturated rings. The van der Waals surface area contributed by atoms with Gasteiger partial charge >= 0.3 is 23.9 Å². The molecule has 440 valence electrons. The van der Waals surface area contributed by atoms with E-state index in [2.05, 4.69) is 106 Å². The minimum atomic E-state index is -1.92. The number of aliphatic hydroxyl groups is 2. The predicted octanol–water partition coefficient (Wildman–Crippen LogP) is 15.9. The first-order valence-electron chi connectivity index (χ1n) is 30.6. The van der Waals surface area contributed by atoms with Crippen molar-refractivity contribution in [2.45, 2.75) is 289 Å². The maximum Gasteiger partial charge on any atom is 0.335 e.